The van der Waals surface area contributed by atoms with Crippen LogP contribution in [0.4, 0.5) is 5.69 Å². The zero-order chi connectivity index (χ0) is 17.2. The van der Waals surface area contributed by atoms with E-state index in [2.05, 4.69) is 29.4 Å². The maximum Gasteiger partial charge on any atom is 0.143 e. The highest BCUT2D eigenvalue weighted by molar-refractivity contribution is 14.0. The summed E-state index contributed by atoms with van der Waals surface area (Å²) < 4.78 is 5.46. The van der Waals surface area contributed by atoms with Crippen molar-refractivity contribution in [1.82, 2.24) is 0 Å². The molecule has 1 aromatic rings. The minimum Gasteiger partial charge on any atom is -0.495 e. The fourth-order valence-electron chi connectivity index (χ4n) is 2.46. The Morgan fingerprint density at radius 2 is 2.04 bits per heavy atom. The molecule has 0 spiro atoms. The van der Waals surface area contributed by atoms with Gasteiger partial charge in [-0.3, -0.25) is 0 Å². The highest BCUT2D eigenvalue weighted by Crippen LogP contribution is 2.35. The number of aliphatic hydroxyl groups excluding tert-OH is 1. The molecule has 0 saturated carbocycles. The monoisotopic (exact) mass is 453 g/mol. The number of hydrogen-bond donors (Lipinski definition) is 2. The van der Waals surface area contributed by atoms with Gasteiger partial charge < -0.3 is 35.4 Å². The van der Waals surface area contributed by atoms with Crippen LogP contribution in [0.3, 0.4) is 0 Å². The van der Waals surface area contributed by atoms with E-state index in [1.165, 1.54) is 16.9 Å². The van der Waals surface area contributed by atoms with Crippen molar-refractivity contribution in [3.05, 3.63) is 45.2 Å². The number of unbranched alkanes of at least 4 members (excludes halogenated alkanes) is 1. The van der Waals surface area contributed by atoms with E-state index in [1.807, 2.05) is 12.1 Å². The van der Waals surface area contributed by atoms with Gasteiger partial charge in [-0.1, -0.05) is 6.07 Å². The average molecular weight is 453 g/mol. The number of anilines is 1. The van der Waals surface area contributed by atoms with E-state index >= 15 is 0 Å². The van der Waals surface area contributed by atoms with Gasteiger partial charge in [-0.25, -0.2) is 0 Å². The van der Waals surface area contributed by atoms with Crippen LogP contribution >= 0.6 is 24.0 Å². The molecule has 0 saturated heterocycles. The number of nitrogens with two attached hydrogens (primary N) is 1. The lowest BCUT2D eigenvalue weighted by atomic mass is 10.0. The van der Waals surface area contributed by atoms with Gasteiger partial charge in [0.2, 0.25) is 0 Å². The molecule has 0 atom stereocenters. The fourth-order valence-corrected chi connectivity index (χ4v) is 2.46. The van der Waals surface area contributed by atoms with Crippen LogP contribution in [-0.2, 0) is 0 Å². The molecule has 0 aromatic heterocycles. The van der Waals surface area contributed by atoms with Crippen LogP contribution in [0.25, 0.3) is 5.70 Å². The molecule has 1 aromatic carbocycles. The molecule has 24 heavy (non-hydrogen) atoms. The molecule has 8 nitrogen and oxygen atoms in total. The van der Waals surface area contributed by atoms with Gasteiger partial charge in [0.15, 0.2) is 0 Å². The van der Waals surface area contributed by atoms with E-state index in [9.17, 15) is 0 Å². The molecule has 3 N–H and O–H groups in total. The normalized spacial score (nSPS) is 12.1. The summed E-state index contributed by atoms with van der Waals surface area (Å²) in [5, 5.41) is 25.8. The Kier molecular flexibility index (Phi) is 11.1. The van der Waals surface area contributed by atoms with Crippen molar-refractivity contribution in [3.63, 3.8) is 0 Å². The van der Waals surface area contributed by atoms with Crippen LogP contribution in [0.2, 0.25) is 0 Å². The minimum atomic E-state index is -1.75. The molecule has 0 aliphatic carbocycles. The van der Waals surface area contributed by atoms with E-state index < -0.39 is 5.09 Å². The van der Waals surface area contributed by atoms with Gasteiger partial charge in [0.25, 0.3) is 0 Å². The zero-order valence-electron chi connectivity index (χ0n) is 13.8. The number of nitrogens with zero attached hydrogens (tertiary/aromatic N) is 2. The Morgan fingerprint density at radius 3 is 2.62 bits per heavy atom. The first kappa shape index (κ1) is 22.4. The molecule has 9 heteroatoms. The van der Waals surface area contributed by atoms with E-state index in [4.69, 9.17) is 25.2 Å². The summed E-state index contributed by atoms with van der Waals surface area (Å²) in [6.07, 6.45) is 4.15. The van der Waals surface area contributed by atoms with E-state index in [1.54, 1.807) is 7.11 Å². The van der Waals surface area contributed by atoms with Crippen molar-refractivity contribution in [2.24, 2.45) is 0 Å². The SMILES string of the molecule is COc1cccc2c1N(C)CC=C2[NH2+]CCCCO.I.O=[N+]([O-])[O-]. The van der Waals surface area contributed by atoms with Gasteiger partial charge in [-0.05, 0) is 31.1 Å². The summed E-state index contributed by atoms with van der Waals surface area (Å²) >= 11 is 0. The molecule has 0 radical (unpaired) electrons. The number of hydrogen-bond acceptors (Lipinski definition) is 6. The molecule has 0 bridgehead atoms. The van der Waals surface area contributed by atoms with Crippen LogP contribution in [0.1, 0.15) is 18.4 Å². The smallest absolute Gasteiger partial charge is 0.143 e. The number of methoxy groups -OCH3 is 1. The van der Waals surface area contributed by atoms with Crippen molar-refractivity contribution >= 4 is 35.4 Å². The van der Waals surface area contributed by atoms with E-state index in [0.717, 1.165) is 31.7 Å². The molecule has 136 valence electrons. The van der Waals surface area contributed by atoms with Gasteiger partial charge in [-0.15, -0.1) is 24.0 Å². The average Bonchev–Trinajstić information content (AvgIpc) is 2.52. The molecule has 2 rings (SSSR count). The zero-order valence-corrected chi connectivity index (χ0v) is 16.1. The second-order valence-corrected chi connectivity index (χ2v) is 5.04. The number of aliphatic hydroxyl groups is 1. The molecule has 1 aliphatic heterocycles. The Bertz CT molecular complexity index is 550. The van der Waals surface area contributed by atoms with Gasteiger partial charge in [0.1, 0.15) is 11.4 Å². The molecule has 1 aliphatic rings. The summed E-state index contributed by atoms with van der Waals surface area (Å²) in [7, 11) is 3.80. The summed E-state index contributed by atoms with van der Waals surface area (Å²) in [6.45, 7) is 2.19. The summed E-state index contributed by atoms with van der Waals surface area (Å²) in [4.78, 5) is 10.5. The van der Waals surface area contributed by atoms with Crippen LogP contribution in [0, 0.1) is 15.3 Å². The number of likely N-dealkylation sites (N-methyl/N-ethyl adjacent to an activating group) is 1. The minimum absolute atomic E-state index is 0. The number of para-hydroxylation sites is 1. The first-order chi connectivity index (χ1) is 11.0. The molecular formula is C15H24IN3O5. The molecule has 0 fully saturated rings. The van der Waals surface area contributed by atoms with Crippen LogP contribution in [-0.4, -0.2) is 44.0 Å². The third-order valence-corrected chi connectivity index (χ3v) is 3.47. The molecule has 1 heterocycles. The van der Waals surface area contributed by atoms with Crippen molar-refractivity contribution in [1.29, 1.82) is 0 Å². The van der Waals surface area contributed by atoms with Crippen molar-refractivity contribution < 1.29 is 20.2 Å². The van der Waals surface area contributed by atoms with E-state index in [-0.39, 0.29) is 30.6 Å². The largest absolute Gasteiger partial charge is 0.495 e. The van der Waals surface area contributed by atoms with Crippen molar-refractivity contribution in [3.8, 4) is 5.75 Å². The number of benzene rings is 1. The fraction of sp³-hybridized carbons (Fsp3) is 0.467. The van der Waals surface area contributed by atoms with Gasteiger partial charge in [-0.2, -0.15) is 0 Å². The first-order valence-electron chi connectivity index (χ1n) is 7.35. The predicted molar refractivity (Wildman–Crippen MR) is 103 cm³/mol. The topological polar surface area (TPSA) is 116 Å². The number of rotatable bonds is 6. The number of quaternary nitrogens is 1. The standard InChI is InChI=1S/C15H22N2O2.HI.NO3/c1-17-10-8-13(16-9-3-4-11-18)12-6-5-7-14(19-2)15(12)17;;2-1(3)4/h5-8,16,18H,3-4,9-11H2,1-2H3;1H;/q;;-1/p+1. The molecular weight excluding hydrogens is 429 g/mol. The lowest BCUT2D eigenvalue weighted by Gasteiger charge is -2.27. The van der Waals surface area contributed by atoms with Gasteiger partial charge in [0.05, 0.1) is 30.0 Å². The van der Waals surface area contributed by atoms with Crippen LogP contribution < -0.4 is 15.0 Å². The summed E-state index contributed by atoms with van der Waals surface area (Å²) in [5.41, 5.74) is 3.68. The number of fused-ring (bicyclic) bond motifs is 1. The van der Waals surface area contributed by atoms with Gasteiger partial charge >= 0.3 is 0 Å². The van der Waals surface area contributed by atoms with Crippen molar-refractivity contribution in [2.45, 2.75) is 12.8 Å². The predicted octanol–water partition coefficient (Wildman–Crippen LogP) is 1.20. The number of ether oxygens (including phenoxy) is 1. The van der Waals surface area contributed by atoms with Crippen molar-refractivity contribution in [2.75, 3.05) is 38.8 Å². The highest BCUT2D eigenvalue weighted by atomic mass is 127. The quantitative estimate of drug-likeness (QED) is 0.290. The third kappa shape index (κ3) is 6.89. The Hall–Kier alpha value is -1.59. The third-order valence-electron chi connectivity index (χ3n) is 3.47. The molecule has 0 unspecified atom stereocenters. The maximum absolute atomic E-state index is 8.81. The van der Waals surface area contributed by atoms with Gasteiger partial charge in [0, 0.05) is 20.2 Å². The summed E-state index contributed by atoms with van der Waals surface area (Å²) in [6, 6.07) is 6.18. The summed E-state index contributed by atoms with van der Waals surface area (Å²) in [5.74, 6) is 0.925. The highest BCUT2D eigenvalue weighted by Gasteiger charge is 2.22. The number of halogens is 1. The van der Waals surface area contributed by atoms with Crippen LogP contribution in [0.15, 0.2) is 24.3 Å². The lowest BCUT2D eigenvalue weighted by Crippen LogP contribution is -2.81. The lowest BCUT2D eigenvalue weighted by molar-refractivity contribution is -0.563. The maximum atomic E-state index is 8.81. The second-order valence-electron chi connectivity index (χ2n) is 5.04. The Balaban J connectivity index is 0.000000954. The molecule has 0 amide bonds. The second kappa shape index (κ2) is 11.9. The Morgan fingerprint density at radius 1 is 1.38 bits per heavy atom. The first-order valence-corrected chi connectivity index (χ1v) is 7.35. The Labute approximate surface area is 158 Å². The van der Waals surface area contributed by atoms with Crippen LogP contribution in [0.5, 0.6) is 5.75 Å². The van der Waals surface area contributed by atoms with E-state index in [0.29, 0.717) is 0 Å².